The van der Waals surface area contributed by atoms with Crippen molar-refractivity contribution in [3.8, 4) is 0 Å². The zero-order valence-electron chi connectivity index (χ0n) is 9.58. The van der Waals surface area contributed by atoms with E-state index in [-0.39, 0.29) is 11.4 Å². The Bertz CT molecular complexity index is 617. The number of rotatable bonds is 2. The Kier molecular flexibility index (Phi) is 3.70. The molecule has 0 unspecified atom stereocenters. The van der Waals surface area contributed by atoms with Gasteiger partial charge in [-0.1, -0.05) is 12.1 Å². The van der Waals surface area contributed by atoms with Gasteiger partial charge >= 0.3 is 6.03 Å². The zero-order chi connectivity index (χ0) is 13.8. The molecule has 0 fully saturated rings. The summed E-state index contributed by atoms with van der Waals surface area (Å²) in [6.07, 6.45) is 0. The van der Waals surface area contributed by atoms with Crippen LogP contribution >= 0.6 is 0 Å². The number of carbonyl (C=O) groups excluding carboxylic acids is 1. The van der Waals surface area contributed by atoms with E-state index >= 15 is 0 Å². The average molecular weight is 266 g/mol. The number of amides is 2. The molecule has 3 nitrogen and oxygen atoms in total. The fourth-order valence-electron chi connectivity index (χ4n) is 1.43. The molecule has 0 radical (unpaired) electrons. The minimum Gasteiger partial charge on any atom is -0.305 e. The van der Waals surface area contributed by atoms with Crippen LogP contribution in [-0.2, 0) is 0 Å². The largest absolute Gasteiger partial charge is 0.323 e. The molecule has 0 saturated carbocycles. The number of hydrogen-bond donors (Lipinski definition) is 2. The summed E-state index contributed by atoms with van der Waals surface area (Å²) in [7, 11) is 0. The van der Waals surface area contributed by atoms with Crippen LogP contribution in [0, 0.1) is 17.5 Å². The Morgan fingerprint density at radius 3 is 2.11 bits per heavy atom. The molecule has 0 atom stereocenters. The molecule has 0 aliphatic carbocycles. The summed E-state index contributed by atoms with van der Waals surface area (Å²) in [6.45, 7) is 0. The molecule has 6 heteroatoms. The van der Waals surface area contributed by atoms with Gasteiger partial charge in [0.1, 0.15) is 17.5 Å². The van der Waals surface area contributed by atoms with Crippen molar-refractivity contribution in [3.63, 3.8) is 0 Å². The molecule has 2 rings (SSSR count). The molecule has 2 aromatic carbocycles. The molecular weight excluding hydrogens is 257 g/mol. The van der Waals surface area contributed by atoms with Gasteiger partial charge in [0.25, 0.3) is 0 Å². The van der Waals surface area contributed by atoms with Gasteiger partial charge in [-0.15, -0.1) is 0 Å². The standard InChI is InChI=1S/C13H9F3N2O/c14-8-5-6-12(10(16)7-8)18-13(19)17-11-4-2-1-3-9(11)15/h1-7H,(H2,17,18,19). The van der Waals surface area contributed by atoms with Crippen LogP contribution in [-0.4, -0.2) is 6.03 Å². The van der Waals surface area contributed by atoms with Crippen molar-refractivity contribution in [2.24, 2.45) is 0 Å². The van der Waals surface area contributed by atoms with Crippen molar-refractivity contribution in [1.82, 2.24) is 0 Å². The van der Waals surface area contributed by atoms with Crippen LogP contribution in [0.5, 0.6) is 0 Å². The second-order valence-corrected chi connectivity index (χ2v) is 3.68. The Hall–Kier alpha value is -2.50. The van der Waals surface area contributed by atoms with E-state index < -0.39 is 23.5 Å². The minimum absolute atomic E-state index is 0.0393. The van der Waals surface area contributed by atoms with Gasteiger partial charge < -0.3 is 10.6 Å². The normalized spacial score (nSPS) is 10.1. The number of nitrogens with one attached hydrogen (secondary N) is 2. The van der Waals surface area contributed by atoms with Crippen molar-refractivity contribution in [2.75, 3.05) is 10.6 Å². The number of benzene rings is 2. The van der Waals surface area contributed by atoms with Gasteiger partial charge in [-0.05, 0) is 24.3 Å². The van der Waals surface area contributed by atoms with Gasteiger partial charge in [0.15, 0.2) is 0 Å². The van der Waals surface area contributed by atoms with Crippen molar-refractivity contribution >= 4 is 17.4 Å². The Balaban J connectivity index is 2.08. The summed E-state index contributed by atoms with van der Waals surface area (Å²) in [5.41, 5.74) is -0.238. The monoisotopic (exact) mass is 266 g/mol. The lowest BCUT2D eigenvalue weighted by Crippen LogP contribution is -2.20. The average Bonchev–Trinajstić information content (AvgIpc) is 2.36. The maximum atomic E-state index is 13.3. The highest BCUT2D eigenvalue weighted by Crippen LogP contribution is 2.16. The van der Waals surface area contributed by atoms with E-state index in [2.05, 4.69) is 10.6 Å². The molecule has 19 heavy (non-hydrogen) atoms. The lowest BCUT2D eigenvalue weighted by molar-refractivity contribution is 0.262. The van der Waals surface area contributed by atoms with Crippen LogP contribution in [0.2, 0.25) is 0 Å². The van der Waals surface area contributed by atoms with Gasteiger partial charge in [0.2, 0.25) is 0 Å². The van der Waals surface area contributed by atoms with Crippen LogP contribution in [0.25, 0.3) is 0 Å². The molecule has 0 spiro atoms. The van der Waals surface area contributed by atoms with Gasteiger partial charge in [0, 0.05) is 6.07 Å². The van der Waals surface area contributed by atoms with Gasteiger partial charge in [-0.3, -0.25) is 0 Å². The zero-order valence-corrected chi connectivity index (χ0v) is 9.58. The number of anilines is 2. The molecule has 0 saturated heterocycles. The maximum Gasteiger partial charge on any atom is 0.323 e. The first kappa shape index (κ1) is 12.9. The van der Waals surface area contributed by atoms with E-state index in [4.69, 9.17) is 0 Å². The Labute approximate surface area is 107 Å². The summed E-state index contributed by atoms with van der Waals surface area (Å²) < 4.78 is 39.2. The lowest BCUT2D eigenvalue weighted by Gasteiger charge is -2.08. The predicted octanol–water partition coefficient (Wildman–Crippen LogP) is 3.75. The van der Waals surface area contributed by atoms with Crippen molar-refractivity contribution < 1.29 is 18.0 Å². The summed E-state index contributed by atoms with van der Waals surface area (Å²) in [6, 6.07) is 7.43. The van der Waals surface area contributed by atoms with E-state index in [1.165, 1.54) is 24.3 Å². The van der Waals surface area contributed by atoms with E-state index in [1.54, 1.807) is 0 Å². The molecule has 2 N–H and O–H groups in total. The molecule has 0 aromatic heterocycles. The van der Waals surface area contributed by atoms with Gasteiger partial charge in [0.05, 0.1) is 11.4 Å². The molecular formula is C13H9F3N2O. The molecule has 0 aliphatic rings. The number of carbonyl (C=O) groups is 1. The quantitative estimate of drug-likeness (QED) is 0.854. The van der Waals surface area contributed by atoms with Crippen molar-refractivity contribution in [1.29, 1.82) is 0 Å². The third-order valence-corrected chi connectivity index (χ3v) is 2.30. The molecule has 0 bridgehead atoms. The van der Waals surface area contributed by atoms with Gasteiger partial charge in [-0.2, -0.15) is 0 Å². The van der Waals surface area contributed by atoms with Crippen molar-refractivity contribution in [3.05, 3.63) is 59.9 Å². The minimum atomic E-state index is -0.913. The third kappa shape index (κ3) is 3.25. The molecule has 2 aromatic rings. The highest BCUT2D eigenvalue weighted by molar-refractivity contribution is 5.99. The topological polar surface area (TPSA) is 41.1 Å². The van der Waals surface area contributed by atoms with Crippen molar-refractivity contribution in [2.45, 2.75) is 0 Å². The number of hydrogen-bond acceptors (Lipinski definition) is 1. The third-order valence-electron chi connectivity index (χ3n) is 2.30. The molecule has 98 valence electrons. The summed E-state index contributed by atoms with van der Waals surface area (Å²) in [5.74, 6) is -2.28. The smallest absolute Gasteiger partial charge is 0.305 e. The van der Waals surface area contributed by atoms with E-state index in [0.717, 1.165) is 12.1 Å². The Morgan fingerprint density at radius 1 is 0.842 bits per heavy atom. The summed E-state index contributed by atoms with van der Waals surface area (Å²) in [5, 5.41) is 4.37. The number of urea groups is 1. The first-order chi connectivity index (χ1) is 9.06. The molecule has 2 amide bonds. The predicted molar refractivity (Wildman–Crippen MR) is 65.4 cm³/mol. The van der Waals surface area contributed by atoms with E-state index in [9.17, 15) is 18.0 Å². The van der Waals surface area contributed by atoms with Crippen LogP contribution in [0.3, 0.4) is 0 Å². The fraction of sp³-hybridized carbons (Fsp3) is 0. The second kappa shape index (κ2) is 5.43. The number of halogens is 3. The first-order valence-electron chi connectivity index (χ1n) is 5.34. The highest BCUT2D eigenvalue weighted by Gasteiger charge is 2.09. The van der Waals surface area contributed by atoms with Gasteiger partial charge in [-0.25, -0.2) is 18.0 Å². The van der Waals surface area contributed by atoms with Crippen LogP contribution in [0.1, 0.15) is 0 Å². The van der Waals surface area contributed by atoms with E-state index in [0.29, 0.717) is 6.07 Å². The lowest BCUT2D eigenvalue weighted by atomic mass is 10.3. The summed E-state index contributed by atoms with van der Waals surface area (Å²) in [4.78, 5) is 11.5. The SMILES string of the molecule is O=C(Nc1ccccc1F)Nc1ccc(F)cc1F. The van der Waals surface area contributed by atoms with Crippen LogP contribution < -0.4 is 10.6 Å². The molecule has 0 aliphatic heterocycles. The summed E-state index contributed by atoms with van der Waals surface area (Å²) >= 11 is 0. The highest BCUT2D eigenvalue weighted by atomic mass is 19.1. The second-order valence-electron chi connectivity index (χ2n) is 3.68. The van der Waals surface area contributed by atoms with Crippen LogP contribution in [0.15, 0.2) is 42.5 Å². The first-order valence-corrected chi connectivity index (χ1v) is 5.34. The Morgan fingerprint density at radius 2 is 1.47 bits per heavy atom. The number of para-hydroxylation sites is 1. The molecule has 0 heterocycles. The van der Waals surface area contributed by atoms with E-state index in [1.807, 2.05) is 0 Å². The fourth-order valence-corrected chi connectivity index (χ4v) is 1.43. The maximum absolute atomic E-state index is 13.3. The van der Waals surface area contributed by atoms with Crippen LogP contribution in [0.4, 0.5) is 29.3 Å².